The van der Waals surface area contributed by atoms with Gasteiger partial charge in [-0.05, 0) is 113 Å². The molecule has 0 aliphatic heterocycles. The molecule has 0 spiro atoms. The van der Waals surface area contributed by atoms with E-state index in [1.54, 1.807) is 0 Å². The van der Waals surface area contributed by atoms with Crippen molar-refractivity contribution >= 4 is 16.0 Å². The molecule has 26 heavy (non-hydrogen) atoms. The van der Waals surface area contributed by atoms with Crippen molar-refractivity contribution in [2.24, 2.45) is 41.0 Å². The van der Waals surface area contributed by atoms with Gasteiger partial charge in [0.15, 0.2) is 0 Å². The van der Waals surface area contributed by atoms with Crippen molar-refractivity contribution < 1.29 is 4.57 Å². The van der Waals surface area contributed by atoms with Crippen molar-refractivity contribution in [1.29, 1.82) is 0 Å². The molecule has 8 bridgehead atoms. The highest BCUT2D eigenvalue weighted by molar-refractivity contribution is 7.57. The van der Waals surface area contributed by atoms with Gasteiger partial charge in [0.05, 0.1) is 0 Å². The highest BCUT2D eigenvalue weighted by Crippen LogP contribution is 2.60. The molecule has 8 saturated carbocycles. The van der Waals surface area contributed by atoms with Crippen LogP contribution in [-0.2, 0) is 4.57 Å². The van der Waals surface area contributed by atoms with Crippen molar-refractivity contribution in [3.8, 4) is 0 Å². The monoisotopic (exact) mass is 374 g/mol. The largest absolute Gasteiger partial charge is 0.277 e. The Labute approximate surface area is 160 Å². The molecular formula is C20H34BN3OP. The first-order valence-corrected chi connectivity index (χ1v) is 12.6. The Morgan fingerprint density at radius 2 is 0.846 bits per heavy atom. The first kappa shape index (κ1) is 18.2. The van der Waals surface area contributed by atoms with Crippen LogP contribution in [0, 0.1) is 35.5 Å². The Morgan fingerprint density at radius 1 is 0.615 bits per heavy atom. The first-order chi connectivity index (χ1) is 11.9. The minimum absolute atomic E-state index is 0. The van der Waals surface area contributed by atoms with Crippen LogP contribution >= 0.6 is 7.59 Å². The molecule has 0 saturated heterocycles. The minimum Gasteiger partial charge on any atom is -0.271 e. The Morgan fingerprint density at radius 3 is 1.08 bits per heavy atom. The van der Waals surface area contributed by atoms with E-state index in [4.69, 9.17) is 5.50 Å². The van der Waals surface area contributed by atoms with Crippen LogP contribution in [0.3, 0.4) is 0 Å². The average Bonchev–Trinajstić information content (AvgIpc) is 2.40. The van der Waals surface area contributed by atoms with Crippen LogP contribution in [-0.4, -0.2) is 19.5 Å². The Kier molecular flexibility index (Phi) is 4.10. The molecule has 8 aliphatic carbocycles. The van der Waals surface area contributed by atoms with Crippen molar-refractivity contribution in [1.82, 2.24) is 10.2 Å². The highest BCUT2D eigenvalue weighted by atomic mass is 31.2. The van der Waals surface area contributed by atoms with Gasteiger partial charge in [0.1, 0.15) is 0 Å². The lowest BCUT2D eigenvalue weighted by Crippen LogP contribution is -2.62. The maximum atomic E-state index is 13.5. The summed E-state index contributed by atoms with van der Waals surface area (Å²) in [7, 11) is -2.99. The molecule has 4 N–H and O–H groups in total. The SMILES string of the molecule is NP(=O)(NC12CC3CC(CC(C3)C1)C2)NC12CC3CC(CC(C3)C1)C2.[B]. The van der Waals surface area contributed by atoms with E-state index < -0.39 is 7.59 Å². The van der Waals surface area contributed by atoms with E-state index in [-0.39, 0.29) is 19.5 Å². The lowest BCUT2D eigenvalue weighted by molar-refractivity contribution is -0.0148. The van der Waals surface area contributed by atoms with Gasteiger partial charge in [-0.25, -0.2) is 10.2 Å². The molecule has 0 amide bonds. The number of rotatable bonds is 4. The van der Waals surface area contributed by atoms with Crippen LogP contribution in [0.2, 0.25) is 0 Å². The summed E-state index contributed by atoms with van der Waals surface area (Å²) in [5.41, 5.74) is 6.65. The smallest absolute Gasteiger partial charge is 0.271 e. The molecule has 4 nitrogen and oxygen atoms in total. The summed E-state index contributed by atoms with van der Waals surface area (Å²) in [5, 5.41) is 7.20. The third-order valence-corrected chi connectivity index (χ3v) is 10.5. The number of nitrogens with one attached hydrogen (secondary N) is 2. The molecule has 8 aliphatic rings. The molecular weight excluding hydrogens is 340 g/mol. The van der Waals surface area contributed by atoms with Gasteiger partial charge < -0.3 is 0 Å². The first-order valence-electron chi connectivity index (χ1n) is 10.9. The third-order valence-electron chi connectivity index (χ3n) is 8.88. The molecule has 8 rings (SSSR count). The Hall–Kier alpha value is 0.175. The van der Waals surface area contributed by atoms with Crippen molar-refractivity contribution in [3.63, 3.8) is 0 Å². The van der Waals surface area contributed by atoms with Crippen LogP contribution in [0.1, 0.15) is 77.0 Å². The number of hydrogen-bond donors (Lipinski definition) is 3. The maximum absolute atomic E-state index is 13.5. The molecule has 0 unspecified atom stereocenters. The van der Waals surface area contributed by atoms with E-state index in [0.29, 0.717) is 0 Å². The fraction of sp³-hybridized carbons (Fsp3) is 1.00. The van der Waals surface area contributed by atoms with E-state index >= 15 is 0 Å². The third kappa shape index (κ3) is 2.96. The van der Waals surface area contributed by atoms with E-state index in [1.165, 1.54) is 77.0 Å². The topological polar surface area (TPSA) is 67.2 Å². The van der Waals surface area contributed by atoms with Gasteiger partial charge in [-0.1, -0.05) is 0 Å². The number of hydrogen-bond acceptors (Lipinski definition) is 1. The van der Waals surface area contributed by atoms with Gasteiger partial charge in [0.25, 0.3) is 7.59 Å². The minimum atomic E-state index is -2.99. The van der Waals surface area contributed by atoms with Gasteiger partial charge >= 0.3 is 0 Å². The van der Waals surface area contributed by atoms with Gasteiger partial charge in [-0.15, -0.1) is 0 Å². The second-order valence-corrected chi connectivity index (χ2v) is 13.0. The zero-order chi connectivity index (χ0) is 16.9. The summed E-state index contributed by atoms with van der Waals surface area (Å²) in [6.45, 7) is 0. The number of nitrogens with two attached hydrogens (primary N) is 1. The normalized spacial score (nSPS) is 55.6. The predicted molar refractivity (Wildman–Crippen MR) is 106 cm³/mol. The van der Waals surface area contributed by atoms with Crippen LogP contribution < -0.4 is 15.7 Å². The standard InChI is InChI=1S/C20H34N3OP.B/c21-25(24,22-19-7-13-1-14(8-19)3-15(2-13)9-19)23-20-10-16-4-17(11-20)6-18(5-16)12-20;/h13-18H,1-12H2,(H4,21,22,23,24);. The average molecular weight is 374 g/mol. The predicted octanol–water partition coefficient (Wildman–Crippen LogP) is 3.79. The van der Waals surface area contributed by atoms with E-state index in [1.807, 2.05) is 0 Å². The molecule has 0 atom stereocenters. The Balaban J connectivity index is 0.00000150. The maximum Gasteiger partial charge on any atom is 0.277 e. The van der Waals surface area contributed by atoms with Gasteiger partial charge in [-0.3, -0.25) is 10.1 Å². The zero-order valence-electron chi connectivity index (χ0n) is 16.0. The van der Waals surface area contributed by atoms with Crippen molar-refractivity contribution in [2.75, 3.05) is 0 Å². The van der Waals surface area contributed by atoms with Gasteiger partial charge in [0.2, 0.25) is 0 Å². The summed E-state index contributed by atoms with van der Waals surface area (Å²) in [6, 6.07) is 0. The van der Waals surface area contributed by atoms with Crippen molar-refractivity contribution in [2.45, 2.75) is 88.1 Å². The molecule has 0 aromatic rings. The summed E-state index contributed by atoms with van der Waals surface area (Å²) in [6.07, 6.45) is 15.8. The molecule has 6 heteroatoms. The molecule has 0 heterocycles. The van der Waals surface area contributed by atoms with Crippen LogP contribution in [0.4, 0.5) is 0 Å². The lowest BCUT2D eigenvalue weighted by atomic mass is 9.53. The van der Waals surface area contributed by atoms with Gasteiger partial charge in [-0.2, -0.15) is 0 Å². The van der Waals surface area contributed by atoms with Crippen LogP contribution in [0.5, 0.6) is 0 Å². The van der Waals surface area contributed by atoms with Gasteiger partial charge in [0, 0.05) is 19.5 Å². The second kappa shape index (κ2) is 5.84. The fourth-order valence-corrected chi connectivity index (χ4v) is 11.2. The van der Waals surface area contributed by atoms with Crippen LogP contribution in [0.15, 0.2) is 0 Å². The molecule has 0 aromatic heterocycles. The van der Waals surface area contributed by atoms with Crippen LogP contribution in [0.25, 0.3) is 0 Å². The summed E-state index contributed by atoms with van der Waals surface area (Å²) in [4.78, 5) is 0. The fourth-order valence-electron chi connectivity index (χ4n) is 9.23. The quantitative estimate of drug-likeness (QED) is 0.517. The Bertz CT molecular complexity index is 518. The molecule has 8 fully saturated rings. The summed E-state index contributed by atoms with van der Waals surface area (Å²) < 4.78 is 13.5. The van der Waals surface area contributed by atoms with E-state index in [0.717, 1.165) is 35.5 Å². The molecule has 0 aromatic carbocycles. The van der Waals surface area contributed by atoms with E-state index in [9.17, 15) is 4.57 Å². The molecule has 3 radical (unpaired) electrons. The summed E-state index contributed by atoms with van der Waals surface area (Å²) in [5.74, 6) is 5.16. The molecule has 143 valence electrons. The zero-order valence-corrected chi connectivity index (χ0v) is 16.9. The second-order valence-electron chi connectivity index (χ2n) is 11.3. The lowest BCUT2D eigenvalue weighted by Gasteiger charge is -2.59. The van der Waals surface area contributed by atoms with E-state index in [2.05, 4.69) is 10.2 Å². The highest BCUT2D eigenvalue weighted by Gasteiger charge is 2.55. The van der Waals surface area contributed by atoms with Crippen molar-refractivity contribution in [3.05, 3.63) is 0 Å². The summed E-state index contributed by atoms with van der Waals surface area (Å²) >= 11 is 0.